The fraction of sp³-hybridized carbons (Fsp3) is 0.636. The van der Waals surface area contributed by atoms with E-state index < -0.39 is 0 Å². The standard InChI is InChI=1S/C22H34N4O2/c1-2-3-4-8-13-23-21(27)18-12-9-14-26(16-18)22(28)20-15-19(24-25-20)17-10-6-5-7-11-17/h5-7,10-11,18-20,24-25H,2-4,8-9,12-16H2,1H3,(H,23,27). The van der Waals surface area contributed by atoms with Crippen LogP contribution in [0.4, 0.5) is 0 Å². The summed E-state index contributed by atoms with van der Waals surface area (Å²) in [5, 5.41) is 3.06. The second-order valence-corrected chi connectivity index (χ2v) is 8.02. The molecule has 6 nitrogen and oxygen atoms in total. The maximum Gasteiger partial charge on any atom is 0.241 e. The molecule has 2 fully saturated rings. The van der Waals surface area contributed by atoms with E-state index in [0.29, 0.717) is 6.54 Å². The number of likely N-dealkylation sites (tertiary alicyclic amines) is 1. The summed E-state index contributed by atoms with van der Waals surface area (Å²) in [5.74, 6) is 0.128. The molecule has 6 heteroatoms. The number of hydrazine groups is 1. The van der Waals surface area contributed by atoms with Gasteiger partial charge in [0.15, 0.2) is 0 Å². The van der Waals surface area contributed by atoms with Gasteiger partial charge in [-0.05, 0) is 31.2 Å². The minimum absolute atomic E-state index is 0.0804. The summed E-state index contributed by atoms with van der Waals surface area (Å²) in [5.41, 5.74) is 7.59. The number of carbonyl (C=O) groups excluding carboxylic acids is 2. The summed E-state index contributed by atoms with van der Waals surface area (Å²) in [6, 6.07) is 10.1. The molecule has 2 aliphatic rings. The van der Waals surface area contributed by atoms with E-state index in [1.807, 2.05) is 23.1 Å². The lowest BCUT2D eigenvalue weighted by Crippen LogP contribution is -2.51. The zero-order valence-electron chi connectivity index (χ0n) is 17.0. The monoisotopic (exact) mass is 386 g/mol. The van der Waals surface area contributed by atoms with E-state index in [9.17, 15) is 9.59 Å². The van der Waals surface area contributed by atoms with Crippen LogP contribution in [0.3, 0.4) is 0 Å². The Balaban J connectivity index is 1.46. The summed E-state index contributed by atoms with van der Waals surface area (Å²) in [7, 11) is 0. The van der Waals surface area contributed by atoms with Crippen molar-refractivity contribution in [1.29, 1.82) is 0 Å². The van der Waals surface area contributed by atoms with Gasteiger partial charge in [-0.25, -0.2) is 10.9 Å². The predicted molar refractivity (Wildman–Crippen MR) is 110 cm³/mol. The Morgan fingerprint density at radius 1 is 1.14 bits per heavy atom. The molecule has 0 spiro atoms. The second kappa shape index (κ2) is 10.6. The molecular formula is C22H34N4O2. The molecule has 0 aromatic heterocycles. The molecule has 0 saturated carbocycles. The molecule has 2 aliphatic heterocycles. The lowest BCUT2D eigenvalue weighted by molar-refractivity contribution is -0.137. The van der Waals surface area contributed by atoms with Crippen molar-refractivity contribution in [3.8, 4) is 0 Å². The van der Waals surface area contributed by atoms with Crippen LogP contribution in [0, 0.1) is 5.92 Å². The number of unbranched alkanes of at least 4 members (excludes halogenated alkanes) is 3. The third-order valence-corrected chi connectivity index (χ3v) is 5.84. The molecular weight excluding hydrogens is 352 g/mol. The molecule has 0 radical (unpaired) electrons. The Morgan fingerprint density at radius 3 is 2.75 bits per heavy atom. The van der Waals surface area contributed by atoms with Gasteiger partial charge < -0.3 is 10.2 Å². The summed E-state index contributed by atoms with van der Waals surface area (Å²) < 4.78 is 0. The molecule has 2 heterocycles. The van der Waals surface area contributed by atoms with Gasteiger partial charge in [-0.15, -0.1) is 0 Å². The number of nitrogens with one attached hydrogen (secondary N) is 3. The lowest BCUT2D eigenvalue weighted by atomic mass is 9.95. The van der Waals surface area contributed by atoms with Crippen LogP contribution in [0.15, 0.2) is 30.3 Å². The van der Waals surface area contributed by atoms with E-state index in [4.69, 9.17) is 0 Å². The van der Waals surface area contributed by atoms with Crippen LogP contribution in [-0.4, -0.2) is 42.4 Å². The Morgan fingerprint density at radius 2 is 1.96 bits per heavy atom. The molecule has 3 atom stereocenters. The average Bonchev–Trinajstić information content (AvgIpc) is 3.24. The molecule has 3 rings (SSSR count). The molecule has 2 amide bonds. The molecule has 1 aromatic carbocycles. The zero-order valence-corrected chi connectivity index (χ0v) is 17.0. The first-order valence-corrected chi connectivity index (χ1v) is 10.8. The van der Waals surface area contributed by atoms with Gasteiger partial charge in [0.05, 0.1) is 5.92 Å². The van der Waals surface area contributed by atoms with Crippen LogP contribution in [-0.2, 0) is 9.59 Å². The predicted octanol–water partition coefficient (Wildman–Crippen LogP) is 2.53. The first kappa shape index (κ1) is 20.8. The maximum absolute atomic E-state index is 13.0. The largest absolute Gasteiger partial charge is 0.356 e. The Kier molecular flexibility index (Phi) is 7.86. The number of piperidine rings is 1. The third kappa shape index (κ3) is 5.55. The number of hydrogen-bond acceptors (Lipinski definition) is 4. The third-order valence-electron chi connectivity index (χ3n) is 5.84. The molecule has 3 unspecified atom stereocenters. The number of carbonyl (C=O) groups is 2. The van der Waals surface area contributed by atoms with E-state index in [0.717, 1.165) is 45.2 Å². The van der Waals surface area contributed by atoms with Crippen molar-refractivity contribution in [1.82, 2.24) is 21.1 Å². The maximum atomic E-state index is 13.0. The van der Waals surface area contributed by atoms with Crippen LogP contribution in [0.25, 0.3) is 0 Å². The van der Waals surface area contributed by atoms with Crippen LogP contribution >= 0.6 is 0 Å². The number of hydrogen-bond donors (Lipinski definition) is 3. The molecule has 0 bridgehead atoms. The van der Waals surface area contributed by atoms with Crippen molar-refractivity contribution in [2.24, 2.45) is 5.92 Å². The fourth-order valence-corrected chi connectivity index (χ4v) is 4.14. The molecule has 28 heavy (non-hydrogen) atoms. The Hall–Kier alpha value is -1.92. The van der Waals surface area contributed by atoms with Gasteiger partial charge in [0.2, 0.25) is 11.8 Å². The van der Waals surface area contributed by atoms with Gasteiger partial charge in [-0.2, -0.15) is 0 Å². The van der Waals surface area contributed by atoms with Crippen molar-refractivity contribution >= 4 is 11.8 Å². The highest BCUT2D eigenvalue weighted by atomic mass is 16.2. The Labute approximate surface area is 168 Å². The quantitative estimate of drug-likeness (QED) is 0.600. The van der Waals surface area contributed by atoms with Crippen LogP contribution < -0.4 is 16.2 Å². The van der Waals surface area contributed by atoms with Crippen molar-refractivity contribution in [3.05, 3.63) is 35.9 Å². The van der Waals surface area contributed by atoms with Crippen LogP contribution in [0.1, 0.15) is 63.5 Å². The highest BCUT2D eigenvalue weighted by molar-refractivity contribution is 5.84. The van der Waals surface area contributed by atoms with Crippen molar-refractivity contribution < 1.29 is 9.59 Å². The first-order valence-electron chi connectivity index (χ1n) is 10.8. The summed E-state index contributed by atoms with van der Waals surface area (Å²) in [6.45, 7) is 4.21. The van der Waals surface area contributed by atoms with Gasteiger partial charge in [-0.3, -0.25) is 9.59 Å². The molecule has 1 aromatic rings. The number of benzene rings is 1. The molecule has 0 aliphatic carbocycles. The van der Waals surface area contributed by atoms with Gasteiger partial charge >= 0.3 is 0 Å². The van der Waals surface area contributed by atoms with E-state index in [1.54, 1.807) is 0 Å². The molecule has 154 valence electrons. The Bertz CT molecular complexity index is 637. The van der Waals surface area contributed by atoms with Gasteiger partial charge in [0.1, 0.15) is 6.04 Å². The summed E-state index contributed by atoms with van der Waals surface area (Å²) in [6.07, 6.45) is 7.10. The summed E-state index contributed by atoms with van der Waals surface area (Å²) >= 11 is 0. The minimum atomic E-state index is -0.235. The molecule has 3 N–H and O–H groups in total. The van der Waals surface area contributed by atoms with E-state index in [1.165, 1.54) is 18.4 Å². The van der Waals surface area contributed by atoms with Gasteiger partial charge in [0, 0.05) is 25.7 Å². The smallest absolute Gasteiger partial charge is 0.241 e. The van der Waals surface area contributed by atoms with Crippen molar-refractivity contribution in [2.75, 3.05) is 19.6 Å². The van der Waals surface area contributed by atoms with Crippen LogP contribution in [0.5, 0.6) is 0 Å². The average molecular weight is 387 g/mol. The lowest BCUT2D eigenvalue weighted by Gasteiger charge is -2.33. The van der Waals surface area contributed by atoms with Crippen LogP contribution in [0.2, 0.25) is 0 Å². The topological polar surface area (TPSA) is 73.5 Å². The van der Waals surface area contributed by atoms with E-state index in [-0.39, 0.29) is 29.8 Å². The van der Waals surface area contributed by atoms with E-state index >= 15 is 0 Å². The normalized spacial score (nSPS) is 24.9. The fourth-order valence-electron chi connectivity index (χ4n) is 4.14. The minimum Gasteiger partial charge on any atom is -0.356 e. The zero-order chi connectivity index (χ0) is 19.8. The highest BCUT2D eigenvalue weighted by Crippen LogP contribution is 2.24. The van der Waals surface area contributed by atoms with Gasteiger partial charge in [0.25, 0.3) is 0 Å². The SMILES string of the molecule is CCCCCCNC(=O)C1CCCN(C(=O)C2CC(c3ccccc3)NN2)C1. The number of nitrogens with zero attached hydrogens (tertiary/aromatic N) is 1. The van der Waals surface area contributed by atoms with Crippen molar-refractivity contribution in [3.63, 3.8) is 0 Å². The second-order valence-electron chi connectivity index (χ2n) is 8.02. The summed E-state index contributed by atoms with van der Waals surface area (Å²) in [4.78, 5) is 27.3. The number of amides is 2. The van der Waals surface area contributed by atoms with E-state index in [2.05, 4.69) is 35.2 Å². The van der Waals surface area contributed by atoms with Crippen molar-refractivity contribution in [2.45, 2.75) is 64.0 Å². The number of rotatable bonds is 8. The highest BCUT2D eigenvalue weighted by Gasteiger charge is 2.35. The van der Waals surface area contributed by atoms with Gasteiger partial charge in [-0.1, -0.05) is 56.5 Å². The molecule has 2 saturated heterocycles. The first-order chi connectivity index (χ1) is 13.7.